The monoisotopic (exact) mass is 296 g/mol. The number of nitrogens with zero attached hydrogens (tertiary/aromatic N) is 2. The molecule has 4 heteroatoms. The summed E-state index contributed by atoms with van der Waals surface area (Å²) in [5.41, 5.74) is 1.56. The summed E-state index contributed by atoms with van der Waals surface area (Å²) in [6, 6.07) is 0.598. The van der Waals surface area contributed by atoms with Gasteiger partial charge in [-0.3, -0.25) is 0 Å². The summed E-state index contributed by atoms with van der Waals surface area (Å²) in [5, 5.41) is 10.6. The van der Waals surface area contributed by atoms with Gasteiger partial charge < -0.3 is 10.0 Å². The Bertz CT molecular complexity index is 443. The topological polar surface area (TPSA) is 36.4 Å². The van der Waals surface area contributed by atoms with Crippen molar-refractivity contribution in [2.75, 3.05) is 11.9 Å². The average molecular weight is 296 g/mol. The van der Waals surface area contributed by atoms with Crippen LogP contribution in [0.2, 0.25) is 0 Å². The van der Waals surface area contributed by atoms with E-state index in [9.17, 15) is 5.11 Å². The molecule has 0 radical (unpaired) electrons. The van der Waals surface area contributed by atoms with Crippen LogP contribution in [0.1, 0.15) is 69.9 Å². The van der Waals surface area contributed by atoms with E-state index < -0.39 is 0 Å². The fourth-order valence-electron chi connectivity index (χ4n) is 2.99. The van der Waals surface area contributed by atoms with Crippen molar-refractivity contribution in [3.8, 4) is 0 Å². The minimum atomic E-state index is 0.108. The summed E-state index contributed by atoms with van der Waals surface area (Å²) in [6.45, 7) is 9.12. The molecule has 1 fully saturated rings. The molecule has 2 rings (SSSR count). The van der Waals surface area contributed by atoms with Crippen molar-refractivity contribution in [3.63, 3.8) is 0 Å². The molecule has 0 aliphatic heterocycles. The smallest absolute Gasteiger partial charge is 0.185 e. The molecule has 1 heterocycles. The number of aromatic nitrogens is 1. The first-order valence-electron chi connectivity index (χ1n) is 7.67. The van der Waals surface area contributed by atoms with Crippen molar-refractivity contribution in [3.05, 3.63) is 10.6 Å². The van der Waals surface area contributed by atoms with Gasteiger partial charge in [-0.1, -0.05) is 39.0 Å². The number of hydrogen-bond donors (Lipinski definition) is 1. The van der Waals surface area contributed by atoms with Gasteiger partial charge in [0.1, 0.15) is 0 Å². The maximum absolute atomic E-state index is 9.49. The summed E-state index contributed by atoms with van der Waals surface area (Å²) >= 11 is 1.65. The predicted octanol–water partition coefficient (Wildman–Crippen LogP) is 4.16. The van der Waals surface area contributed by atoms with Crippen molar-refractivity contribution >= 4 is 16.5 Å². The van der Waals surface area contributed by atoms with E-state index in [-0.39, 0.29) is 6.61 Å². The van der Waals surface area contributed by atoms with E-state index >= 15 is 0 Å². The molecule has 1 aromatic heterocycles. The first-order chi connectivity index (χ1) is 9.34. The Morgan fingerprint density at radius 3 is 2.40 bits per heavy atom. The molecule has 0 amide bonds. The summed E-state index contributed by atoms with van der Waals surface area (Å²) in [7, 11) is 2.16. The zero-order chi connectivity index (χ0) is 14.9. The van der Waals surface area contributed by atoms with Gasteiger partial charge in [-0.05, 0) is 37.0 Å². The Morgan fingerprint density at radius 2 is 1.95 bits per heavy atom. The Labute approximate surface area is 127 Å². The van der Waals surface area contributed by atoms with Crippen LogP contribution >= 0.6 is 11.3 Å². The van der Waals surface area contributed by atoms with Crippen LogP contribution in [0.4, 0.5) is 5.13 Å². The molecule has 1 aliphatic carbocycles. The lowest BCUT2D eigenvalue weighted by Gasteiger charge is -2.38. The first-order valence-corrected chi connectivity index (χ1v) is 8.49. The van der Waals surface area contributed by atoms with Gasteiger partial charge in [0.05, 0.1) is 17.2 Å². The van der Waals surface area contributed by atoms with Gasteiger partial charge in [0.2, 0.25) is 0 Å². The van der Waals surface area contributed by atoms with Crippen LogP contribution in [0.3, 0.4) is 0 Å². The van der Waals surface area contributed by atoms with Crippen molar-refractivity contribution < 1.29 is 5.11 Å². The molecular weight excluding hydrogens is 268 g/mol. The molecule has 0 saturated heterocycles. The summed E-state index contributed by atoms with van der Waals surface area (Å²) < 4.78 is 0. The van der Waals surface area contributed by atoms with Gasteiger partial charge in [-0.2, -0.15) is 0 Å². The predicted molar refractivity (Wildman–Crippen MR) is 86.6 cm³/mol. The lowest BCUT2D eigenvalue weighted by atomic mass is 9.75. The normalized spacial score (nSPS) is 19.6. The molecule has 0 bridgehead atoms. The van der Waals surface area contributed by atoms with Crippen LogP contribution in [-0.4, -0.2) is 23.2 Å². The van der Waals surface area contributed by atoms with E-state index in [0.717, 1.165) is 15.7 Å². The lowest BCUT2D eigenvalue weighted by Crippen LogP contribution is -2.37. The third kappa shape index (κ3) is 3.34. The maximum atomic E-state index is 9.49. The fraction of sp³-hybridized carbons (Fsp3) is 0.812. The number of anilines is 1. The highest BCUT2D eigenvalue weighted by atomic mass is 32.1. The Hall–Kier alpha value is -0.610. The fourth-order valence-corrected chi connectivity index (χ4v) is 4.10. The Morgan fingerprint density at radius 1 is 1.35 bits per heavy atom. The number of aliphatic hydroxyl groups is 1. The standard InChI is InChI=1S/C16H28N2OS/c1-11(2)14-13(10-19)20-15(17-14)18(5)12-6-8-16(3,4)9-7-12/h11-12,19H,6-10H2,1-5H3. The second kappa shape index (κ2) is 6.02. The lowest BCUT2D eigenvalue weighted by molar-refractivity contribution is 0.222. The molecule has 114 valence electrons. The molecule has 20 heavy (non-hydrogen) atoms. The molecule has 1 saturated carbocycles. The van der Waals surface area contributed by atoms with E-state index in [2.05, 4.69) is 39.6 Å². The first kappa shape index (κ1) is 15.8. The minimum Gasteiger partial charge on any atom is -0.391 e. The minimum absolute atomic E-state index is 0.108. The van der Waals surface area contributed by atoms with Crippen LogP contribution in [0.15, 0.2) is 0 Å². The van der Waals surface area contributed by atoms with Crippen LogP contribution in [0.5, 0.6) is 0 Å². The van der Waals surface area contributed by atoms with Crippen LogP contribution in [0.25, 0.3) is 0 Å². The highest BCUT2D eigenvalue weighted by Crippen LogP contribution is 2.39. The molecule has 1 aliphatic rings. The second-order valence-electron chi connectivity index (χ2n) is 7.12. The number of aliphatic hydroxyl groups excluding tert-OH is 1. The zero-order valence-electron chi connectivity index (χ0n) is 13.4. The van der Waals surface area contributed by atoms with Crippen molar-refractivity contribution in [2.24, 2.45) is 5.41 Å². The highest BCUT2D eigenvalue weighted by molar-refractivity contribution is 7.15. The largest absolute Gasteiger partial charge is 0.391 e. The molecule has 0 unspecified atom stereocenters. The second-order valence-corrected chi connectivity index (χ2v) is 8.19. The van der Waals surface area contributed by atoms with Gasteiger partial charge in [0.25, 0.3) is 0 Å². The van der Waals surface area contributed by atoms with E-state index in [1.54, 1.807) is 11.3 Å². The SMILES string of the molecule is CC(C)c1nc(N(C)C2CCC(C)(C)CC2)sc1CO. The van der Waals surface area contributed by atoms with E-state index in [1.165, 1.54) is 25.7 Å². The highest BCUT2D eigenvalue weighted by Gasteiger charge is 2.30. The summed E-state index contributed by atoms with van der Waals surface area (Å²) in [4.78, 5) is 8.14. The summed E-state index contributed by atoms with van der Waals surface area (Å²) in [5.74, 6) is 0.376. The average Bonchev–Trinajstić information content (AvgIpc) is 2.82. The third-order valence-corrected chi connectivity index (χ3v) is 5.71. The quantitative estimate of drug-likeness (QED) is 0.906. The third-order valence-electron chi connectivity index (χ3n) is 4.56. The molecule has 3 nitrogen and oxygen atoms in total. The molecule has 0 spiro atoms. The van der Waals surface area contributed by atoms with Crippen molar-refractivity contribution in [1.82, 2.24) is 4.98 Å². The Kier molecular flexibility index (Phi) is 4.75. The van der Waals surface area contributed by atoms with Gasteiger partial charge >= 0.3 is 0 Å². The van der Waals surface area contributed by atoms with E-state index in [1.807, 2.05) is 0 Å². The van der Waals surface area contributed by atoms with Crippen LogP contribution < -0.4 is 4.90 Å². The van der Waals surface area contributed by atoms with Crippen LogP contribution in [0, 0.1) is 5.41 Å². The number of hydrogen-bond acceptors (Lipinski definition) is 4. The van der Waals surface area contributed by atoms with Crippen molar-refractivity contribution in [1.29, 1.82) is 0 Å². The molecular formula is C16H28N2OS. The van der Waals surface area contributed by atoms with Gasteiger partial charge in [0, 0.05) is 13.1 Å². The molecule has 1 aromatic rings. The van der Waals surface area contributed by atoms with E-state index in [0.29, 0.717) is 17.4 Å². The number of rotatable bonds is 4. The van der Waals surface area contributed by atoms with Gasteiger partial charge in [0.15, 0.2) is 5.13 Å². The zero-order valence-corrected chi connectivity index (χ0v) is 14.3. The number of thiazole rings is 1. The molecule has 0 atom stereocenters. The van der Waals surface area contributed by atoms with Crippen LogP contribution in [-0.2, 0) is 6.61 Å². The molecule has 1 N–H and O–H groups in total. The van der Waals surface area contributed by atoms with Gasteiger partial charge in [-0.15, -0.1) is 0 Å². The van der Waals surface area contributed by atoms with Crippen molar-refractivity contribution in [2.45, 2.75) is 71.9 Å². The maximum Gasteiger partial charge on any atom is 0.185 e. The molecule has 0 aromatic carbocycles. The van der Waals surface area contributed by atoms with Gasteiger partial charge in [-0.25, -0.2) is 4.98 Å². The van der Waals surface area contributed by atoms with E-state index in [4.69, 9.17) is 4.98 Å². The summed E-state index contributed by atoms with van der Waals surface area (Å²) in [6.07, 6.45) is 5.07. The Balaban J connectivity index is 2.11.